The number of hydrogen-bond donors (Lipinski definition) is 0. The molecule has 160 valence electrons. The molecule has 1 unspecified atom stereocenters. The molecule has 1 amide bonds. The number of benzene rings is 1. The second kappa shape index (κ2) is 8.51. The van der Waals surface area contributed by atoms with Crippen LogP contribution in [0.2, 0.25) is 10.0 Å². The minimum absolute atomic E-state index is 0.0439. The number of carbonyl (C=O) groups excluding carboxylic acids is 2. The van der Waals surface area contributed by atoms with Crippen LogP contribution in [-0.2, 0) is 23.1 Å². The molecular weight excluding hydrogens is 437 g/mol. The van der Waals surface area contributed by atoms with Gasteiger partial charge in [0.05, 0.1) is 34.0 Å². The van der Waals surface area contributed by atoms with E-state index >= 15 is 0 Å². The quantitative estimate of drug-likeness (QED) is 0.639. The molecule has 2 heterocycles. The summed E-state index contributed by atoms with van der Waals surface area (Å²) in [6.45, 7) is 3.30. The van der Waals surface area contributed by atoms with E-state index in [1.807, 2.05) is 19.1 Å². The molecule has 0 bridgehead atoms. The molecule has 0 radical (unpaired) electrons. The molecule has 1 atom stereocenters. The predicted molar refractivity (Wildman–Crippen MR) is 118 cm³/mol. The summed E-state index contributed by atoms with van der Waals surface area (Å²) in [6, 6.07) is 7.46. The lowest BCUT2D eigenvalue weighted by molar-refractivity contribution is -0.143. The summed E-state index contributed by atoms with van der Waals surface area (Å²) in [7, 11) is 1.80. The van der Waals surface area contributed by atoms with E-state index < -0.39 is 0 Å². The van der Waals surface area contributed by atoms with E-state index in [4.69, 9.17) is 27.9 Å². The van der Waals surface area contributed by atoms with Crippen molar-refractivity contribution in [3.05, 3.63) is 61.9 Å². The first-order valence-corrected chi connectivity index (χ1v) is 10.7. The van der Waals surface area contributed by atoms with Gasteiger partial charge in [-0.3, -0.25) is 9.59 Å². The number of hydrogen-bond acceptors (Lipinski definition) is 4. The summed E-state index contributed by atoms with van der Waals surface area (Å²) >= 11 is 13.0. The van der Waals surface area contributed by atoms with E-state index in [1.54, 1.807) is 28.6 Å². The Bertz CT molecular complexity index is 1160. The SMILES string of the molecule is CC1CC(C#N)=Cc2c1cc(C(=O)c1c(Cl)ccc(CN3CCOCC3=O)c1Cl)n2C. The van der Waals surface area contributed by atoms with Crippen LogP contribution in [0.15, 0.2) is 23.8 Å². The third-order valence-corrected chi connectivity index (χ3v) is 6.64. The van der Waals surface area contributed by atoms with Gasteiger partial charge in [0.15, 0.2) is 0 Å². The summed E-state index contributed by atoms with van der Waals surface area (Å²) in [4.78, 5) is 27.3. The number of halogens is 2. The number of aromatic nitrogens is 1. The highest BCUT2D eigenvalue weighted by Gasteiger charge is 2.28. The van der Waals surface area contributed by atoms with E-state index in [0.29, 0.717) is 36.4 Å². The first-order chi connectivity index (χ1) is 14.8. The summed E-state index contributed by atoms with van der Waals surface area (Å²) in [5, 5.41) is 9.82. The monoisotopic (exact) mass is 457 g/mol. The lowest BCUT2D eigenvalue weighted by Gasteiger charge is -2.27. The minimum Gasteiger partial charge on any atom is -0.370 e. The Balaban J connectivity index is 1.72. The van der Waals surface area contributed by atoms with Crippen LogP contribution >= 0.6 is 23.2 Å². The average Bonchev–Trinajstić information content (AvgIpc) is 3.08. The summed E-state index contributed by atoms with van der Waals surface area (Å²) in [5.74, 6) is -0.275. The van der Waals surface area contributed by atoms with Crippen molar-refractivity contribution in [2.45, 2.75) is 25.8 Å². The smallest absolute Gasteiger partial charge is 0.248 e. The van der Waals surface area contributed by atoms with Gasteiger partial charge in [-0.05, 0) is 41.7 Å². The number of amides is 1. The summed E-state index contributed by atoms with van der Waals surface area (Å²) < 4.78 is 6.96. The highest BCUT2D eigenvalue weighted by Crippen LogP contribution is 2.37. The largest absolute Gasteiger partial charge is 0.370 e. The van der Waals surface area contributed by atoms with Gasteiger partial charge >= 0.3 is 0 Å². The standard InChI is InChI=1S/C23H21Cl2N3O3/c1-13-7-14(10-26)8-18-16(13)9-19(27(18)2)23(30)21-17(24)4-3-15(22(21)25)11-28-5-6-31-12-20(28)29/h3-4,8-9,13H,5-7,11-12H2,1-2H3. The van der Waals surface area contributed by atoms with Crippen LogP contribution < -0.4 is 0 Å². The maximum absolute atomic E-state index is 13.5. The van der Waals surface area contributed by atoms with Crippen LogP contribution in [0.25, 0.3) is 6.08 Å². The zero-order valence-electron chi connectivity index (χ0n) is 17.2. The molecule has 2 aliphatic rings. The zero-order valence-corrected chi connectivity index (χ0v) is 18.8. The Morgan fingerprint density at radius 3 is 2.84 bits per heavy atom. The molecular formula is C23H21Cl2N3O3. The molecule has 8 heteroatoms. The molecule has 1 aromatic heterocycles. The summed E-state index contributed by atoms with van der Waals surface area (Å²) in [6.07, 6.45) is 2.47. The molecule has 0 spiro atoms. The van der Waals surface area contributed by atoms with Crippen molar-refractivity contribution in [3.63, 3.8) is 0 Å². The number of morpholine rings is 1. The summed E-state index contributed by atoms with van der Waals surface area (Å²) in [5.41, 5.74) is 3.89. The number of fused-ring (bicyclic) bond motifs is 1. The third-order valence-electron chi connectivity index (χ3n) is 5.90. The molecule has 31 heavy (non-hydrogen) atoms. The molecule has 0 saturated carbocycles. The fourth-order valence-electron chi connectivity index (χ4n) is 4.15. The Hall–Kier alpha value is -2.59. The van der Waals surface area contributed by atoms with E-state index in [9.17, 15) is 14.9 Å². The Morgan fingerprint density at radius 1 is 1.35 bits per heavy atom. The second-order valence-corrected chi connectivity index (χ2v) is 8.69. The molecule has 1 aromatic carbocycles. The molecule has 4 rings (SSSR count). The molecule has 0 N–H and O–H groups in total. The minimum atomic E-state index is -0.291. The van der Waals surface area contributed by atoms with Crippen molar-refractivity contribution in [2.75, 3.05) is 19.8 Å². The second-order valence-electron chi connectivity index (χ2n) is 7.91. The van der Waals surface area contributed by atoms with Gasteiger partial charge in [0.2, 0.25) is 11.7 Å². The highest BCUT2D eigenvalue weighted by molar-refractivity contribution is 6.41. The van der Waals surface area contributed by atoms with Gasteiger partial charge in [0.1, 0.15) is 6.61 Å². The maximum atomic E-state index is 13.5. The van der Waals surface area contributed by atoms with Gasteiger partial charge in [-0.15, -0.1) is 0 Å². The van der Waals surface area contributed by atoms with Gasteiger partial charge in [-0.2, -0.15) is 5.26 Å². The molecule has 6 nitrogen and oxygen atoms in total. The van der Waals surface area contributed by atoms with Crippen LogP contribution in [0.3, 0.4) is 0 Å². The molecule has 2 aromatic rings. The van der Waals surface area contributed by atoms with Crippen LogP contribution in [-0.4, -0.2) is 40.9 Å². The van der Waals surface area contributed by atoms with Crippen molar-refractivity contribution in [1.82, 2.24) is 9.47 Å². The third kappa shape index (κ3) is 3.89. The van der Waals surface area contributed by atoms with Gasteiger partial charge in [-0.1, -0.05) is 36.2 Å². The van der Waals surface area contributed by atoms with E-state index in [2.05, 4.69) is 6.07 Å². The van der Waals surface area contributed by atoms with Crippen molar-refractivity contribution in [3.8, 4) is 6.07 Å². The van der Waals surface area contributed by atoms with Gasteiger partial charge < -0.3 is 14.2 Å². The van der Waals surface area contributed by atoms with Crippen LogP contribution in [0.1, 0.15) is 52.1 Å². The molecule has 1 fully saturated rings. The van der Waals surface area contributed by atoms with Crippen molar-refractivity contribution in [2.24, 2.45) is 7.05 Å². The highest BCUT2D eigenvalue weighted by atomic mass is 35.5. The number of nitriles is 1. The van der Waals surface area contributed by atoms with E-state index in [1.165, 1.54) is 0 Å². The number of ketones is 1. The number of rotatable bonds is 4. The zero-order chi connectivity index (χ0) is 22.3. The van der Waals surface area contributed by atoms with Crippen LogP contribution in [0.4, 0.5) is 0 Å². The molecule has 1 aliphatic heterocycles. The normalized spacial score (nSPS) is 18.4. The number of ether oxygens (including phenoxy) is 1. The average molecular weight is 458 g/mol. The lowest BCUT2D eigenvalue weighted by atomic mass is 9.88. The Morgan fingerprint density at radius 2 is 2.13 bits per heavy atom. The van der Waals surface area contributed by atoms with Gasteiger partial charge in [-0.25, -0.2) is 0 Å². The first kappa shape index (κ1) is 21.6. The lowest BCUT2D eigenvalue weighted by Crippen LogP contribution is -2.41. The fourth-order valence-corrected chi connectivity index (χ4v) is 4.76. The molecule has 1 aliphatic carbocycles. The topological polar surface area (TPSA) is 75.3 Å². The van der Waals surface area contributed by atoms with Crippen molar-refractivity contribution >= 4 is 41.0 Å². The predicted octanol–water partition coefficient (Wildman–Crippen LogP) is 4.34. The van der Waals surface area contributed by atoms with Gasteiger partial charge in [0.25, 0.3) is 0 Å². The van der Waals surface area contributed by atoms with Crippen molar-refractivity contribution < 1.29 is 14.3 Å². The van der Waals surface area contributed by atoms with E-state index in [-0.39, 0.29) is 46.4 Å². The number of carbonyl (C=O) groups is 2. The molecule has 1 saturated heterocycles. The van der Waals surface area contributed by atoms with E-state index in [0.717, 1.165) is 11.3 Å². The Kier molecular flexibility index (Phi) is 5.94. The number of allylic oxidation sites excluding steroid dienone is 1. The van der Waals surface area contributed by atoms with Crippen LogP contribution in [0.5, 0.6) is 0 Å². The van der Waals surface area contributed by atoms with Crippen LogP contribution in [0, 0.1) is 11.3 Å². The van der Waals surface area contributed by atoms with Gasteiger partial charge in [0, 0.05) is 31.4 Å². The fraction of sp³-hybridized carbons (Fsp3) is 0.348. The number of nitrogens with zero attached hydrogens (tertiary/aromatic N) is 3. The Labute approximate surface area is 190 Å². The maximum Gasteiger partial charge on any atom is 0.248 e. The first-order valence-electron chi connectivity index (χ1n) is 9.99. The van der Waals surface area contributed by atoms with Crippen molar-refractivity contribution in [1.29, 1.82) is 5.26 Å².